The van der Waals surface area contributed by atoms with Gasteiger partial charge in [-0.3, -0.25) is 4.79 Å². The molecule has 43 heavy (non-hydrogen) atoms. The number of amides is 1. The summed E-state index contributed by atoms with van der Waals surface area (Å²) in [5, 5.41) is 12.3. The molecule has 0 saturated carbocycles. The molecule has 3 unspecified atom stereocenters. The van der Waals surface area contributed by atoms with Gasteiger partial charge in [0.05, 0.1) is 29.1 Å². The fourth-order valence-electron chi connectivity index (χ4n) is 5.80. The number of hydrogen-bond acceptors (Lipinski definition) is 7. The molecule has 0 bridgehead atoms. The van der Waals surface area contributed by atoms with Crippen LogP contribution in [0.3, 0.4) is 0 Å². The molecule has 8 nitrogen and oxygen atoms in total. The van der Waals surface area contributed by atoms with Crippen molar-refractivity contribution in [3.05, 3.63) is 65.5 Å². The van der Waals surface area contributed by atoms with E-state index in [1.54, 1.807) is 24.4 Å². The van der Waals surface area contributed by atoms with Gasteiger partial charge >= 0.3 is 6.18 Å². The molecule has 11 heteroatoms. The Balaban J connectivity index is 1.24. The number of nitrogens with one attached hydrogen (secondary N) is 1. The number of oxazole rings is 1. The molecule has 1 aliphatic heterocycles. The van der Waals surface area contributed by atoms with Crippen LogP contribution in [0.4, 0.5) is 24.7 Å². The molecule has 5 rings (SSSR count). The van der Waals surface area contributed by atoms with Crippen LogP contribution in [0.5, 0.6) is 0 Å². The highest BCUT2D eigenvalue weighted by Crippen LogP contribution is 2.43. The van der Waals surface area contributed by atoms with E-state index in [9.17, 15) is 23.2 Å². The van der Waals surface area contributed by atoms with Crippen LogP contribution in [-0.2, 0) is 11.0 Å². The SMILES string of the molecule is CC(C)c1cc(C#N)cc2nc(-c3ccc(NC(=O)CC4(C)CC(C)N(c5ccc(C(F)(F)F)cn5)CC4C)cn3)oc12. The van der Waals surface area contributed by atoms with E-state index in [0.29, 0.717) is 52.7 Å². The average Bonchev–Trinajstić information content (AvgIpc) is 3.38. The molecule has 0 radical (unpaired) electrons. The van der Waals surface area contributed by atoms with Gasteiger partial charge in [-0.05, 0) is 67.0 Å². The second kappa shape index (κ2) is 11.3. The van der Waals surface area contributed by atoms with E-state index in [1.165, 1.54) is 6.07 Å². The maximum absolute atomic E-state index is 13.1. The summed E-state index contributed by atoms with van der Waals surface area (Å²) in [4.78, 5) is 28.2. The number of benzene rings is 1. The Morgan fingerprint density at radius 1 is 1.19 bits per heavy atom. The Bertz CT molecular complexity index is 1670. The third kappa shape index (κ3) is 6.19. The number of halogens is 3. The van der Waals surface area contributed by atoms with Gasteiger partial charge in [0.2, 0.25) is 11.8 Å². The minimum atomic E-state index is -4.43. The van der Waals surface area contributed by atoms with Gasteiger partial charge in [-0.25, -0.2) is 15.0 Å². The number of alkyl halides is 3. The fraction of sp³-hybridized carbons (Fsp3) is 0.406. The van der Waals surface area contributed by atoms with Crippen molar-refractivity contribution >= 4 is 28.5 Å². The molecule has 1 saturated heterocycles. The van der Waals surface area contributed by atoms with Crippen molar-refractivity contribution in [2.45, 2.75) is 65.6 Å². The quantitative estimate of drug-likeness (QED) is 0.247. The summed E-state index contributed by atoms with van der Waals surface area (Å²) in [6, 6.07) is 11.6. The first-order valence-electron chi connectivity index (χ1n) is 14.2. The summed E-state index contributed by atoms with van der Waals surface area (Å²) in [6.45, 7) is 10.7. The van der Waals surface area contributed by atoms with Crippen molar-refractivity contribution in [2.24, 2.45) is 11.3 Å². The highest BCUT2D eigenvalue weighted by Gasteiger charge is 2.42. The van der Waals surface area contributed by atoms with E-state index in [4.69, 9.17) is 4.42 Å². The summed E-state index contributed by atoms with van der Waals surface area (Å²) < 4.78 is 44.9. The monoisotopic (exact) mass is 590 g/mol. The standard InChI is InChI=1S/C32H33F3N6O2/c1-18(2)24-10-21(14-36)11-26-29(24)43-30(40-26)25-8-7-23(16-37-25)39-28(42)13-31(5)12-20(4)41(17-19(31)3)27-9-6-22(15-38-27)32(33,34)35/h6-11,15-16,18-20H,12-13,17H2,1-5H3,(H,39,42). The smallest absolute Gasteiger partial charge is 0.417 e. The molecule has 1 aliphatic rings. The van der Waals surface area contributed by atoms with Crippen molar-refractivity contribution in [2.75, 3.05) is 16.8 Å². The molecule has 1 fully saturated rings. The van der Waals surface area contributed by atoms with Crippen LogP contribution >= 0.6 is 0 Å². The zero-order valence-corrected chi connectivity index (χ0v) is 24.7. The summed E-state index contributed by atoms with van der Waals surface area (Å²) >= 11 is 0. The molecular weight excluding hydrogens is 557 g/mol. The predicted octanol–water partition coefficient (Wildman–Crippen LogP) is 7.57. The molecule has 1 N–H and O–H groups in total. The Labute approximate surface area is 248 Å². The lowest BCUT2D eigenvalue weighted by Crippen LogP contribution is -2.51. The van der Waals surface area contributed by atoms with E-state index in [-0.39, 0.29) is 35.6 Å². The van der Waals surface area contributed by atoms with Crippen LogP contribution in [0.15, 0.2) is 53.2 Å². The van der Waals surface area contributed by atoms with Crippen molar-refractivity contribution in [1.29, 1.82) is 5.26 Å². The number of aromatic nitrogens is 3. The number of rotatable bonds is 6. The predicted molar refractivity (Wildman–Crippen MR) is 157 cm³/mol. The molecule has 4 aromatic rings. The van der Waals surface area contributed by atoms with Crippen molar-refractivity contribution < 1.29 is 22.4 Å². The number of carbonyl (C=O) groups excluding carboxylic acids is 1. The third-order valence-electron chi connectivity index (χ3n) is 8.42. The Morgan fingerprint density at radius 3 is 2.56 bits per heavy atom. The van der Waals surface area contributed by atoms with Crippen LogP contribution in [0.2, 0.25) is 0 Å². The maximum atomic E-state index is 13.1. The van der Waals surface area contributed by atoms with Crippen molar-refractivity contribution in [1.82, 2.24) is 15.0 Å². The molecule has 224 valence electrons. The lowest BCUT2D eigenvalue weighted by Gasteiger charge is -2.48. The van der Waals surface area contributed by atoms with Crippen molar-refractivity contribution in [3.63, 3.8) is 0 Å². The Morgan fingerprint density at radius 2 is 1.95 bits per heavy atom. The zero-order chi connectivity index (χ0) is 31.1. The number of piperidine rings is 1. The van der Waals surface area contributed by atoms with Gasteiger partial charge < -0.3 is 14.6 Å². The van der Waals surface area contributed by atoms with E-state index in [2.05, 4.69) is 40.2 Å². The number of nitrogens with zero attached hydrogens (tertiary/aromatic N) is 5. The van der Waals surface area contributed by atoms with E-state index >= 15 is 0 Å². The molecule has 0 spiro atoms. The van der Waals surface area contributed by atoms with Crippen LogP contribution in [-0.4, -0.2) is 33.4 Å². The summed E-state index contributed by atoms with van der Waals surface area (Å²) in [5.74, 6) is 0.896. The third-order valence-corrected chi connectivity index (χ3v) is 8.42. The van der Waals surface area contributed by atoms with Gasteiger partial charge in [-0.1, -0.05) is 27.7 Å². The summed E-state index contributed by atoms with van der Waals surface area (Å²) in [6.07, 6.45) is -1.06. The second-order valence-electron chi connectivity index (χ2n) is 12.0. The lowest BCUT2D eigenvalue weighted by molar-refractivity contribution is -0.137. The first-order valence-corrected chi connectivity index (χ1v) is 14.2. The average molecular weight is 591 g/mol. The first kappa shape index (κ1) is 30.0. The van der Waals surface area contributed by atoms with Crippen LogP contribution in [0, 0.1) is 22.7 Å². The number of anilines is 2. The Kier molecular flexibility index (Phi) is 7.90. The van der Waals surface area contributed by atoms with Crippen LogP contribution < -0.4 is 10.2 Å². The highest BCUT2D eigenvalue weighted by atomic mass is 19.4. The number of nitriles is 1. The summed E-state index contributed by atoms with van der Waals surface area (Å²) in [5.41, 5.74) is 2.57. The summed E-state index contributed by atoms with van der Waals surface area (Å²) in [7, 11) is 0. The fourth-order valence-corrected chi connectivity index (χ4v) is 5.80. The minimum absolute atomic E-state index is 0.0176. The first-order chi connectivity index (χ1) is 20.3. The van der Waals surface area contributed by atoms with Crippen LogP contribution in [0.25, 0.3) is 22.7 Å². The number of fused-ring (bicyclic) bond motifs is 1. The van der Waals surface area contributed by atoms with Gasteiger partial charge in [0.1, 0.15) is 17.0 Å². The maximum Gasteiger partial charge on any atom is 0.417 e. The second-order valence-corrected chi connectivity index (χ2v) is 12.0. The van der Waals surface area contributed by atoms with Gasteiger partial charge in [-0.15, -0.1) is 0 Å². The molecule has 1 amide bonds. The van der Waals surface area contributed by atoms with E-state index < -0.39 is 11.7 Å². The molecule has 3 atom stereocenters. The number of carbonyl (C=O) groups is 1. The number of hydrogen-bond donors (Lipinski definition) is 1. The van der Waals surface area contributed by atoms with E-state index in [0.717, 1.165) is 17.8 Å². The van der Waals surface area contributed by atoms with Gasteiger partial charge in [0, 0.05) is 30.8 Å². The largest absolute Gasteiger partial charge is 0.434 e. The lowest BCUT2D eigenvalue weighted by atomic mass is 9.68. The molecule has 3 aromatic heterocycles. The van der Waals surface area contributed by atoms with Gasteiger partial charge in [-0.2, -0.15) is 18.4 Å². The van der Waals surface area contributed by atoms with Gasteiger partial charge in [0.25, 0.3) is 0 Å². The van der Waals surface area contributed by atoms with Crippen molar-refractivity contribution in [3.8, 4) is 17.7 Å². The molecule has 4 heterocycles. The zero-order valence-electron chi connectivity index (χ0n) is 24.7. The van der Waals surface area contributed by atoms with E-state index in [1.807, 2.05) is 31.7 Å². The molecular formula is C32H33F3N6O2. The van der Waals surface area contributed by atoms with Gasteiger partial charge in [0.15, 0.2) is 5.58 Å². The normalized spacial score (nSPS) is 20.8. The topological polar surface area (TPSA) is 108 Å². The Hall–Kier alpha value is -4.46. The van der Waals surface area contributed by atoms with Crippen LogP contribution in [0.1, 0.15) is 70.1 Å². The minimum Gasteiger partial charge on any atom is -0.434 e. The highest BCUT2D eigenvalue weighted by molar-refractivity contribution is 5.91. The molecule has 0 aliphatic carbocycles. The number of pyridine rings is 2. The molecule has 1 aromatic carbocycles.